The molecule has 0 fully saturated rings. The number of hydrogen-bond donors (Lipinski definition) is 2. The number of carbonyl (C=O) groups excluding carboxylic acids is 2. The lowest BCUT2D eigenvalue weighted by molar-refractivity contribution is -0.134. The van der Waals surface area contributed by atoms with Gasteiger partial charge in [0, 0.05) is 20.3 Å². The second kappa shape index (κ2) is 10.4. The Morgan fingerprint density at radius 1 is 1.17 bits per heavy atom. The first-order valence-electron chi connectivity index (χ1n) is 8.34. The molecule has 0 saturated heterocycles. The number of hydrogen-bond acceptors (Lipinski definition) is 6. The highest BCUT2D eigenvalue weighted by Crippen LogP contribution is 2.15. The Morgan fingerprint density at radius 2 is 1.71 bits per heavy atom. The predicted octanol–water partition coefficient (Wildman–Crippen LogP) is 0.581. The third kappa shape index (κ3) is 7.40. The quantitative estimate of drug-likeness (QED) is 0.448. The molecule has 140 valence electrons. The highest BCUT2D eigenvalue weighted by atomic mass is 16.3. The Labute approximate surface area is 146 Å². The number of hydrazone groups is 1. The van der Waals surface area contributed by atoms with Crippen molar-refractivity contribution in [3.05, 3.63) is 0 Å². The van der Waals surface area contributed by atoms with Gasteiger partial charge in [0.2, 0.25) is 5.91 Å². The summed E-state index contributed by atoms with van der Waals surface area (Å²) < 4.78 is 0. The van der Waals surface area contributed by atoms with E-state index in [0.717, 1.165) is 0 Å². The van der Waals surface area contributed by atoms with Crippen LogP contribution in [-0.2, 0) is 9.59 Å². The molecule has 0 bridgehead atoms. The second-order valence-electron chi connectivity index (χ2n) is 7.10. The SMILES string of the molecule is CC(=O)[C@H](NC(=O)[C@@H]([C@H](O)[C@H](C)C/C=N/N(C)C)N(C)C)C(C)C. The van der Waals surface area contributed by atoms with Gasteiger partial charge in [-0.3, -0.25) is 14.5 Å². The van der Waals surface area contributed by atoms with Gasteiger partial charge < -0.3 is 15.4 Å². The molecule has 0 heterocycles. The third-order valence-electron chi connectivity index (χ3n) is 3.92. The zero-order chi connectivity index (χ0) is 19.0. The van der Waals surface area contributed by atoms with Crippen molar-refractivity contribution in [3.8, 4) is 0 Å². The first-order chi connectivity index (χ1) is 11.0. The van der Waals surface area contributed by atoms with Crippen molar-refractivity contribution in [1.29, 1.82) is 0 Å². The number of nitrogens with zero attached hydrogens (tertiary/aromatic N) is 3. The van der Waals surface area contributed by atoms with E-state index in [4.69, 9.17) is 0 Å². The van der Waals surface area contributed by atoms with Crippen LogP contribution in [-0.4, -0.2) is 79.3 Å². The minimum atomic E-state index is -0.867. The van der Waals surface area contributed by atoms with E-state index in [1.54, 1.807) is 30.2 Å². The molecule has 0 spiro atoms. The summed E-state index contributed by atoms with van der Waals surface area (Å²) in [4.78, 5) is 26.0. The molecule has 0 aliphatic rings. The van der Waals surface area contributed by atoms with Gasteiger partial charge >= 0.3 is 0 Å². The Morgan fingerprint density at radius 3 is 2.08 bits per heavy atom. The molecule has 0 aliphatic carbocycles. The predicted molar refractivity (Wildman–Crippen MR) is 96.9 cm³/mol. The first kappa shape index (κ1) is 22.5. The summed E-state index contributed by atoms with van der Waals surface area (Å²) in [6.07, 6.45) is 1.41. The second-order valence-corrected chi connectivity index (χ2v) is 7.10. The molecule has 7 heteroatoms. The van der Waals surface area contributed by atoms with E-state index in [2.05, 4.69) is 10.4 Å². The molecule has 1 amide bonds. The normalized spacial score (nSPS) is 17.0. The molecule has 7 nitrogen and oxygen atoms in total. The van der Waals surface area contributed by atoms with Gasteiger partial charge in [-0.15, -0.1) is 0 Å². The van der Waals surface area contributed by atoms with Gasteiger partial charge in [-0.05, 0) is 39.3 Å². The summed E-state index contributed by atoms with van der Waals surface area (Å²) in [6.45, 7) is 7.11. The number of aliphatic hydroxyl groups is 1. The minimum Gasteiger partial charge on any atom is -0.391 e. The molecule has 0 radical (unpaired) electrons. The zero-order valence-corrected chi connectivity index (χ0v) is 16.3. The Hall–Kier alpha value is -1.47. The van der Waals surface area contributed by atoms with E-state index in [1.165, 1.54) is 6.92 Å². The summed E-state index contributed by atoms with van der Waals surface area (Å²) in [5, 5.41) is 19.2. The largest absolute Gasteiger partial charge is 0.391 e. The fourth-order valence-electron chi connectivity index (χ4n) is 2.50. The van der Waals surface area contributed by atoms with Crippen molar-refractivity contribution in [2.45, 2.75) is 52.3 Å². The number of rotatable bonds is 10. The molecule has 0 aliphatic heterocycles. The molecule has 0 aromatic heterocycles. The molecular weight excluding hydrogens is 308 g/mol. The van der Waals surface area contributed by atoms with Gasteiger partial charge in [0.25, 0.3) is 0 Å². The van der Waals surface area contributed by atoms with Crippen LogP contribution in [0.5, 0.6) is 0 Å². The molecule has 24 heavy (non-hydrogen) atoms. The lowest BCUT2D eigenvalue weighted by Crippen LogP contribution is -2.56. The Kier molecular flexibility index (Phi) is 9.77. The van der Waals surface area contributed by atoms with Gasteiger partial charge in [-0.2, -0.15) is 5.10 Å². The Bertz CT molecular complexity index is 436. The Balaban J connectivity index is 5.06. The molecular formula is C17H34N4O3. The van der Waals surface area contributed by atoms with E-state index < -0.39 is 18.2 Å². The van der Waals surface area contributed by atoms with Crippen molar-refractivity contribution >= 4 is 17.9 Å². The summed E-state index contributed by atoms with van der Waals surface area (Å²) in [7, 11) is 7.13. The smallest absolute Gasteiger partial charge is 0.240 e. The summed E-state index contributed by atoms with van der Waals surface area (Å²) in [5.74, 6) is -0.577. The number of amides is 1. The number of carbonyl (C=O) groups is 2. The van der Waals surface area contributed by atoms with Gasteiger partial charge in [-0.25, -0.2) is 0 Å². The van der Waals surface area contributed by atoms with E-state index in [-0.39, 0.29) is 23.5 Å². The lowest BCUT2D eigenvalue weighted by atomic mass is 9.93. The highest BCUT2D eigenvalue weighted by molar-refractivity contribution is 5.90. The van der Waals surface area contributed by atoms with Crippen LogP contribution in [0.1, 0.15) is 34.1 Å². The van der Waals surface area contributed by atoms with Gasteiger partial charge in [-0.1, -0.05) is 20.8 Å². The summed E-state index contributed by atoms with van der Waals surface area (Å²) in [6, 6.07) is -1.27. The maximum absolute atomic E-state index is 12.6. The fourth-order valence-corrected chi connectivity index (χ4v) is 2.50. The topological polar surface area (TPSA) is 85.2 Å². The van der Waals surface area contributed by atoms with Crippen LogP contribution in [0.25, 0.3) is 0 Å². The number of nitrogens with one attached hydrogen (secondary N) is 1. The molecule has 0 unspecified atom stereocenters. The van der Waals surface area contributed by atoms with Crippen LogP contribution in [0.3, 0.4) is 0 Å². The maximum atomic E-state index is 12.6. The number of ketones is 1. The number of Topliss-reactive ketones (excluding diaryl/α,β-unsaturated/α-hetero) is 1. The molecule has 2 N–H and O–H groups in total. The lowest BCUT2D eigenvalue weighted by Gasteiger charge is -2.32. The van der Waals surface area contributed by atoms with E-state index in [0.29, 0.717) is 6.42 Å². The standard InChI is InChI=1S/C17H34N4O3/c1-11(2)14(13(4)22)19-17(24)15(20(5)6)16(23)12(3)9-10-18-21(7)8/h10-12,14-16,23H,9H2,1-8H3,(H,19,24)/b18-10+/t12-,14-,15-,16-/m1/s1. The van der Waals surface area contributed by atoms with E-state index in [9.17, 15) is 14.7 Å². The van der Waals surface area contributed by atoms with Crippen LogP contribution >= 0.6 is 0 Å². The molecule has 0 aromatic carbocycles. The number of likely N-dealkylation sites (N-methyl/N-ethyl adjacent to an activating group) is 1. The number of aliphatic hydroxyl groups excluding tert-OH is 1. The molecule has 4 atom stereocenters. The average molecular weight is 342 g/mol. The summed E-state index contributed by atoms with van der Waals surface area (Å²) in [5.41, 5.74) is 0. The summed E-state index contributed by atoms with van der Waals surface area (Å²) >= 11 is 0. The van der Waals surface area contributed by atoms with E-state index >= 15 is 0 Å². The van der Waals surface area contributed by atoms with Gasteiger partial charge in [0.05, 0.1) is 12.1 Å². The van der Waals surface area contributed by atoms with Gasteiger partial charge in [0.15, 0.2) is 5.78 Å². The van der Waals surface area contributed by atoms with Crippen LogP contribution < -0.4 is 5.32 Å². The van der Waals surface area contributed by atoms with Crippen LogP contribution in [0.15, 0.2) is 5.10 Å². The molecule has 0 saturated carbocycles. The zero-order valence-electron chi connectivity index (χ0n) is 16.3. The van der Waals surface area contributed by atoms with Crippen molar-refractivity contribution in [3.63, 3.8) is 0 Å². The fraction of sp³-hybridized carbons (Fsp3) is 0.824. The van der Waals surface area contributed by atoms with Gasteiger partial charge in [0.1, 0.15) is 6.04 Å². The first-order valence-corrected chi connectivity index (χ1v) is 8.34. The van der Waals surface area contributed by atoms with Crippen molar-refractivity contribution in [2.24, 2.45) is 16.9 Å². The third-order valence-corrected chi connectivity index (χ3v) is 3.92. The minimum absolute atomic E-state index is 0.00365. The maximum Gasteiger partial charge on any atom is 0.240 e. The molecule has 0 aromatic rings. The van der Waals surface area contributed by atoms with Crippen molar-refractivity contribution in [1.82, 2.24) is 15.2 Å². The molecule has 0 rings (SSSR count). The average Bonchev–Trinajstić information content (AvgIpc) is 2.43. The van der Waals surface area contributed by atoms with E-state index in [1.807, 2.05) is 34.9 Å². The van der Waals surface area contributed by atoms with Crippen LogP contribution in [0, 0.1) is 11.8 Å². The van der Waals surface area contributed by atoms with Crippen molar-refractivity contribution < 1.29 is 14.7 Å². The highest BCUT2D eigenvalue weighted by Gasteiger charge is 2.34. The van der Waals surface area contributed by atoms with Crippen LogP contribution in [0.2, 0.25) is 0 Å². The van der Waals surface area contributed by atoms with Crippen molar-refractivity contribution in [2.75, 3.05) is 28.2 Å². The van der Waals surface area contributed by atoms with Crippen LogP contribution in [0.4, 0.5) is 0 Å². The monoisotopic (exact) mass is 342 g/mol.